The molecule has 21 heavy (non-hydrogen) atoms. The summed E-state index contributed by atoms with van der Waals surface area (Å²) in [5.41, 5.74) is 1.80. The standard InChI is InChI=1S/C15H15ClN2O2S/c1-20-15-7-6-13(8-17-15)18-14(19)10-21-9-11-2-4-12(16)5-3-11/h2-8H,9-10H2,1H3,(H,18,19). The van der Waals surface area contributed by atoms with E-state index in [1.165, 1.54) is 0 Å². The summed E-state index contributed by atoms with van der Waals surface area (Å²) in [6, 6.07) is 11.1. The van der Waals surface area contributed by atoms with Gasteiger partial charge >= 0.3 is 0 Å². The first-order chi connectivity index (χ1) is 10.2. The van der Waals surface area contributed by atoms with Gasteiger partial charge in [0.15, 0.2) is 0 Å². The number of amides is 1. The molecule has 6 heteroatoms. The molecule has 1 N–H and O–H groups in total. The van der Waals surface area contributed by atoms with E-state index in [1.807, 2.05) is 24.3 Å². The summed E-state index contributed by atoms with van der Waals surface area (Å²) in [5.74, 6) is 1.62. The second-order valence-corrected chi connectivity index (χ2v) is 5.68. The molecule has 1 heterocycles. The Kier molecular flexibility index (Phi) is 5.90. The molecule has 0 fully saturated rings. The van der Waals surface area contributed by atoms with Gasteiger partial charge in [0.05, 0.1) is 24.7 Å². The van der Waals surface area contributed by atoms with Crippen molar-refractivity contribution < 1.29 is 9.53 Å². The number of carbonyl (C=O) groups excluding carboxylic acids is 1. The molecule has 1 amide bonds. The van der Waals surface area contributed by atoms with Gasteiger partial charge < -0.3 is 10.1 Å². The third kappa shape index (κ3) is 5.28. The number of nitrogens with one attached hydrogen (secondary N) is 1. The molecule has 1 aromatic heterocycles. The first-order valence-corrected chi connectivity index (χ1v) is 7.83. The molecule has 2 rings (SSSR count). The summed E-state index contributed by atoms with van der Waals surface area (Å²) in [4.78, 5) is 15.8. The largest absolute Gasteiger partial charge is 0.481 e. The van der Waals surface area contributed by atoms with Crippen LogP contribution < -0.4 is 10.1 Å². The van der Waals surface area contributed by atoms with Crippen LogP contribution in [0.3, 0.4) is 0 Å². The zero-order valence-corrected chi connectivity index (χ0v) is 13.1. The number of nitrogens with zero attached hydrogens (tertiary/aromatic N) is 1. The maximum absolute atomic E-state index is 11.8. The lowest BCUT2D eigenvalue weighted by molar-refractivity contribution is -0.113. The van der Waals surface area contributed by atoms with Crippen LogP contribution in [0.25, 0.3) is 0 Å². The highest BCUT2D eigenvalue weighted by molar-refractivity contribution is 7.99. The molecular weight excluding hydrogens is 308 g/mol. The lowest BCUT2D eigenvalue weighted by Gasteiger charge is -2.06. The van der Waals surface area contributed by atoms with Crippen LogP contribution in [-0.2, 0) is 10.5 Å². The second-order valence-electron chi connectivity index (χ2n) is 4.26. The Balaban J connectivity index is 1.75. The summed E-state index contributed by atoms with van der Waals surface area (Å²) >= 11 is 7.37. The molecule has 0 aliphatic carbocycles. The number of ether oxygens (including phenoxy) is 1. The number of rotatable bonds is 6. The van der Waals surface area contributed by atoms with E-state index >= 15 is 0 Å². The van der Waals surface area contributed by atoms with Crippen molar-refractivity contribution in [1.82, 2.24) is 4.98 Å². The van der Waals surface area contributed by atoms with Crippen LogP contribution in [0.15, 0.2) is 42.6 Å². The summed E-state index contributed by atoms with van der Waals surface area (Å²) in [6.45, 7) is 0. The van der Waals surface area contributed by atoms with E-state index in [9.17, 15) is 4.79 Å². The average molecular weight is 323 g/mol. The third-order valence-electron chi connectivity index (χ3n) is 2.64. The molecule has 0 unspecified atom stereocenters. The summed E-state index contributed by atoms with van der Waals surface area (Å²) in [5, 5.41) is 3.51. The van der Waals surface area contributed by atoms with Crippen molar-refractivity contribution in [3.05, 3.63) is 53.2 Å². The van der Waals surface area contributed by atoms with Gasteiger partial charge in [-0.2, -0.15) is 0 Å². The fourth-order valence-electron chi connectivity index (χ4n) is 1.61. The average Bonchev–Trinajstić information content (AvgIpc) is 2.50. The minimum atomic E-state index is -0.0547. The van der Waals surface area contributed by atoms with Gasteiger partial charge in [0.2, 0.25) is 11.8 Å². The minimum Gasteiger partial charge on any atom is -0.481 e. The van der Waals surface area contributed by atoms with Crippen LogP contribution in [0.5, 0.6) is 5.88 Å². The van der Waals surface area contributed by atoms with Gasteiger partial charge in [0.25, 0.3) is 0 Å². The SMILES string of the molecule is COc1ccc(NC(=O)CSCc2ccc(Cl)cc2)cn1. The number of methoxy groups -OCH3 is 1. The summed E-state index contributed by atoms with van der Waals surface area (Å²) in [7, 11) is 1.55. The second kappa shape index (κ2) is 7.90. The molecule has 0 radical (unpaired) electrons. The van der Waals surface area contributed by atoms with E-state index in [2.05, 4.69) is 10.3 Å². The summed E-state index contributed by atoms with van der Waals surface area (Å²) in [6.07, 6.45) is 1.57. The normalized spacial score (nSPS) is 10.2. The quantitative estimate of drug-likeness (QED) is 0.882. The first kappa shape index (κ1) is 15.7. The van der Waals surface area contributed by atoms with Crippen molar-refractivity contribution >= 4 is 35.0 Å². The first-order valence-electron chi connectivity index (χ1n) is 6.29. The van der Waals surface area contributed by atoms with Gasteiger partial charge in [-0.25, -0.2) is 4.98 Å². The highest BCUT2D eigenvalue weighted by Gasteiger charge is 2.04. The fourth-order valence-corrected chi connectivity index (χ4v) is 2.53. The van der Waals surface area contributed by atoms with Crippen molar-refractivity contribution in [3.8, 4) is 5.88 Å². The molecule has 1 aromatic carbocycles. The number of aromatic nitrogens is 1. The van der Waals surface area contributed by atoms with E-state index in [-0.39, 0.29) is 5.91 Å². The van der Waals surface area contributed by atoms with Crippen LogP contribution in [0.4, 0.5) is 5.69 Å². The molecule has 2 aromatic rings. The minimum absolute atomic E-state index is 0.0547. The van der Waals surface area contributed by atoms with E-state index in [1.54, 1.807) is 37.2 Å². The van der Waals surface area contributed by atoms with Gasteiger partial charge in [0, 0.05) is 16.8 Å². The smallest absolute Gasteiger partial charge is 0.234 e. The van der Waals surface area contributed by atoms with Crippen molar-refractivity contribution in [2.24, 2.45) is 0 Å². The van der Waals surface area contributed by atoms with Crippen LogP contribution >= 0.6 is 23.4 Å². The molecule has 0 aliphatic heterocycles. The molecule has 4 nitrogen and oxygen atoms in total. The van der Waals surface area contributed by atoms with E-state index < -0.39 is 0 Å². The molecule has 0 spiro atoms. The van der Waals surface area contributed by atoms with Gasteiger partial charge in [-0.3, -0.25) is 4.79 Å². The Morgan fingerprint density at radius 3 is 2.67 bits per heavy atom. The summed E-state index contributed by atoms with van der Waals surface area (Å²) < 4.78 is 4.96. The van der Waals surface area contributed by atoms with Crippen LogP contribution in [0.2, 0.25) is 5.02 Å². The van der Waals surface area contributed by atoms with Crippen molar-refractivity contribution in [3.63, 3.8) is 0 Å². The predicted molar refractivity (Wildman–Crippen MR) is 87.0 cm³/mol. The van der Waals surface area contributed by atoms with Crippen LogP contribution in [0.1, 0.15) is 5.56 Å². The number of thioether (sulfide) groups is 1. The third-order valence-corrected chi connectivity index (χ3v) is 3.90. The Hall–Kier alpha value is -1.72. The Morgan fingerprint density at radius 2 is 2.05 bits per heavy atom. The molecule has 0 atom stereocenters. The Morgan fingerprint density at radius 1 is 1.29 bits per heavy atom. The number of anilines is 1. The van der Waals surface area contributed by atoms with E-state index in [0.717, 1.165) is 11.3 Å². The fraction of sp³-hybridized carbons (Fsp3) is 0.200. The number of hydrogen-bond donors (Lipinski definition) is 1. The number of hydrogen-bond acceptors (Lipinski definition) is 4. The van der Waals surface area contributed by atoms with Gasteiger partial charge in [-0.15, -0.1) is 11.8 Å². The monoisotopic (exact) mass is 322 g/mol. The zero-order valence-electron chi connectivity index (χ0n) is 11.5. The highest BCUT2D eigenvalue weighted by Crippen LogP contribution is 2.16. The lowest BCUT2D eigenvalue weighted by atomic mass is 10.2. The predicted octanol–water partition coefficient (Wildman–Crippen LogP) is 3.62. The molecular formula is C15H15ClN2O2S. The molecule has 0 bridgehead atoms. The van der Waals surface area contributed by atoms with Crippen molar-refractivity contribution in [2.75, 3.05) is 18.2 Å². The van der Waals surface area contributed by atoms with Gasteiger partial charge in [-0.1, -0.05) is 23.7 Å². The van der Waals surface area contributed by atoms with Gasteiger partial charge in [-0.05, 0) is 23.8 Å². The van der Waals surface area contributed by atoms with Crippen LogP contribution in [0, 0.1) is 0 Å². The Bertz CT molecular complexity index is 588. The van der Waals surface area contributed by atoms with Crippen molar-refractivity contribution in [1.29, 1.82) is 0 Å². The van der Waals surface area contributed by atoms with E-state index in [0.29, 0.717) is 22.3 Å². The number of carbonyl (C=O) groups is 1. The maximum atomic E-state index is 11.8. The maximum Gasteiger partial charge on any atom is 0.234 e. The highest BCUT2D eigenvalue weighted by atomic mass is 35.5. The molecule has 0 saturated carbocycles. The zero-order chi connectivity index (χ0) is 15.1. The lowest BCUT2D eigenvalue weighted by Crippen LogP contribution is -2.14. The molecule has 110 valence electrons. The molecule has 0 saturated heterocycles. The number of benzene rings is 1. The molecule has 0 aliphatic rings. The number of pyridine rings is 1. The Labute approximate surface area is 132 Å². The number of halogens is 1. The van der Waals surface area contributed by atoms with E-state index in [4.69, 9.17) is 16.3 Å². The topological polar surface area (TPSA) is 51.2 Å². The van der Waals surface area contributed by atoms with Crippen molar-refractivity contribution in [2.45, 2.75) is 5.75 Å². The van der Waals surface area contributed by atoms with Gasteiger partial charge in [0.1, 0.15) is 0 Å². The van der Waals surface area contributed by atoms with Crippen LogP contribution in [-0.4, -0.2) is 23.8 Å².